The first-order valence-electron chi connectivity index (χ1n) is 8.77. The zero-order chi connectivity index (χ0) is 17.2. The number of rotatable bonds is 1. The van der Waals surface area contributed by atoms with E-state index >= 15 is 0 Å². The lowest BCUT2D eigenvalue weighted by Gasteiger charge is -2.20. The van der Waals surface area contributed by atoms with E-state index < -0.39 is 0 Å². The maximum Gasteiger partial charge on any atom is 0.415 e. The van der Waals surface area contributed by atoms with Crippen molar-refractivity contribution in [2.24, 2.45) is 0 Å². The average molecular weight is 334 g/mol. The molecule has 1 aliphatic heterocycles. The van der Waals surface area contributed by atoms with Crippen LogP contribution in [-0.4, -0.2) is 49.1 Å². The first kappa shape index (κ1) is 15.9. The molecule has 0 N–H and O–H groups in total. The summed E-state index contributed by atoms with van der Waals surface area (Å²) in [6.07, 6.45) is 0.725. The zero-order valence-corrected chi connectivity index (χ0v) is 14.4. The Morgan fingerprint density at radius 2 is 1.64 bits per heavy atom. The Morgan fingerprint density at radius 1 is 0.880 bits per heavy atom. The predicted molar refractivity (Wildman–Crippen MR) is 101 cm³/mol. The summed E-state index contributed by atoms with van der Waals surface area (Å²) in [5, 5.41) is 4.62. The first-order valence-corrected chi connectivity index (χ1v) is 8.77. The van der Waals surface area contributed by atoms with Gasteiger partial charge in [0, 0.05) is 19.6 Å². The maximum absolute atomic E-state index is 12.5. The number of benzene rings is 3. The van der Waals surface area contributed by atoms with Gasteiger partial charge in [0.2, 0.25) is 0 Å². The van der Waals surface area contributed by atoms with Gasteiger partial charge in [-0.15, -0.1) is 0 Å². The monoisotopic (exact) mass is 334 g/mol. The smallest absolute Gasteiger partial charge is 0.410 e. The highest BCUT2D eigenvalue weighted by Crippen LogP contribution is 2.28. The Bertz CT molecular complexity index is 922. The third kappa shape index (κ3) is 3.30. The normalized spacial score (nSPS) is 16.1. The molecule has 4 rings (SSSR count). The van der Waals surface area contributed by atoms with Crippen LogP contribution in [0.25, 0.3) is 21.5 Å². The van der Waals surface area contributed by atoms with E-state index in [-0.39, 0.29) is 6.09 Å². The summed E-state index contributed by atoms with van der Waals surface area (Å²) in [7, 11) is 2.09. The summed E-state index contributed by atoms with van der Waals surface area (Å²) < 4.78 is 5.67. The van der Waals surface area contributed by atoms with E-state index in [1.165, 1.54) is 10.8 Å². The van der Waals surface area contributed by atoms with Crippen LogP contribution in [0.15, 0.2) is 54.6 Å². The highest BCUT2D eigenvalue weighted by atomic mass is 16.6. The number of nitrogens with zero attached hydrogens (tertiary/aromatic N) is 2. The Kier molecular flexibility index (Phi) is 4.28. The van der Waals surface area contributed by atoms with Crippen LogP contribution in [0, 0.1) is 0 Å². The van der Waals surface area contributed by atoms with Crippen molar-refractivity contribution in [3.05, 3.63) is 54.6 Å². The summed E-state index contributed by atoms with van der Waals surface area (Å²) in [6.45, 7) is 3.37. The van der Waals surface area contributed by atoms with Crippen molar-refractivity contribution < 1.29 is 9.53 Å². The van der Waals surface area contributed by atoms with Gasteiger partial charge in [-0.2, -0.15) is 0 Å². The van der Waals surface area contributed by atoms with Crippen LogP contribution in [0.3, 0.4) is 0 Å². The van der Waals surface area contributed by atoms with Gasteiger partial charge in [-0.1, -0.05) is 42.5 Å². The number of amides is 1. The fourth-order valence-electron chi connectivity index (χ4n) is 3.44. The van der Waals surface area contributed by atoms with E-state index in [4.69, 9.17) is 4.74 Å². The van der Waals surface area contributed by atoms with Crippen LogP contribution >= 0.6 is 0 Å². The second-order valence-electron chi connectivity index (χ2n) is 6.68. The van der Waals surface area contributed by atoms with Crippen molar-refractivity contribution in [2.75, 3.05) is 33.2 Å². The van der Waals surface area contributed by atoms with E-state index in [9.17, 15) is 4.79 Å². The number of hydrogen-bond acceptors (Lipinski definition) is 3. The lowest BCUT2D eigenvalue weighted by atomic mass is 10.0. The second-order valence-corrected chi connectivity index (χ2v) is 6.68. The van der Waals surface area contributed by atoms with Gasteiger partial charge in [0.15, 0.2) is 0 Å². The van der Waals surface area contributed by atoms with Crippen LogP contribution in [0.2, 0.25) is 0 Å². The molecule has 1 aliphatic rings. The van der Waals surface area contributed by atoms with E-state index in [1.54, 1.807) is 4.90 Å². The third-order valence-corrected chi connectivity index (χ3v) is 4.90. The average Bonchev–Trinajstić information content (AvgIpc) is 2.86. The molecule has 3 aromatic carbocycles. The van der Waals surface area contributed by atoms with Crippen LogP contribution in [0.5, 0.6) is 5.75 Å². The van der Waals surface area contributed by atoms with Gasteiger partial charge in [-0.05, 0) is 53.7 Å². The van der Waals surface area contributed by atoms with Crippen molar-refractivity contribution in [1.29, 1.82) is 0 Å². The van der Waals surface area contributed by atoms with Crippen LogP contribution in [0.1, 0.15) is 6.42 Å². The van der Waals surface area contributed by atoms with Gasteiger partial charge in [-0.3, -0.25) is 0 Å². The fourth-order valence-corrected chi connectivity index (χ4v) is 3.44. The lowest BCUT2D eigenvalue weighted by molar-refractivity contribution is 0.154. The van der Waals surface area contributed by atoms with Gasteiger partial charge >= 0.3 is 6.09 Å². The highest BCUT2D eigenvalue weighted by molar-refractivity contribution is 6.07. The van der Waals surface area contributed by atoms with Crippen LogP contribution in [-0.2, 0) is 0 Å². The van der Waals surface area contributed by atoms with Crippen LogP contribution < -0.4 is 4.74 Å². The molecule has 0 aromatic heterocycles. The minimum atomic E-state index is -0.255. The molecule has 1 saturated heterocycles. The zero-order valence-electron chi connectivity index (χ0n) is 14.4. The van der Waals surface area contributed by atoms with Crippen molar-refractivity contribution >= 4 is 27.6 Å². The number of likely N-dealkylation sites (N-methyl/N-ethyl adjacent to an activating group) is 1. The SMILES string of the molecule is CN1CCCN(C(=O)Oc2ccc3ccc4ccccc4c3c2)CC1. The van der Waals surface area contributed by atoms with Crippen LogP contribution in [0.4, 0.5) is 4.79 Å². The highest BCUT2D eigenvalue weighted by Gasteiger charge is 2.19. The number of hydrogen-bond donors (Lipinski definition) is 0. The van der Waals surface area contributed by atoms with Crippen molar-refractivity contribution in [1.82, 2.24) is 9.80 Å². The molecule has 0 unspecified atom stereocenters. The van der Waals surface area contributed by atoms with E-state index in [1.807, 2.05) is 30.3 Å². The molecule has 128 valence electrons. The fraction of sp³-hybridized carbons (Fsp3) is 0.286. The first-order chi connectivity index (χ1) is 12.2. The Morgan fingerprint density at radius 3 is 2.52 bits per heavy atom. The Hall–Kier alpha value is -2.59. The van der Waals surface area contributed by atoms with E-state index in [0.717, 1.165) is 36.8 Å². The summed E-state index contributed by atoms with van der Waals surface area (Å²) >= 11 is 0. The van der Waals surface area contributed by atoms with Crippen molar-refractivity contribution in [3.8, 4) is 5.75 Å². The van der Waals surface area contributed by atoms with Gasteiger partial charge in [0.05, 0.1) is 0 Å². The Labute approximate surface area is 147 Å². The standard InChI is InChI=1S/C21H22N2O2/c1-22-11-4-12-23(14-13-22)21(24)25-18-10-9-17-8-7-16-5-2-3-6-19(16)20(17)15-18/h2-3,5-10,15H,4,11-14H2,1H3. The molecule has 0 bridgehead atoms. The number of fused-ring (bicyclic) bond motifs is 3. The van der Waals surface area contributed by atoms with Gasteiger partial charge in [0.25, 0.3) is 0 Å². The Balaban J connectivity index is 1.61. The molecule has 0 radical (unpaired) electrons. The van der Waals surface area contributed by atoms with E-state index in [2.05, 4.69) is 36.2 Å². The van der Waals surface area contributed by atoms with E-state index in [0.29, 0.717) is 12.3 Å². The predicted octanol–water partition coefficient (Wildman–Crippen LogP) is 4.13. The number of carbonyl (C=O) groups is 1. The second kappa shape index (κ2) is 6.73. The molecule has 0 aliphatic carbocycles. The topological polar surface area (TPSA) is 32.8 Å². The third-order valence-electron chi connectivity index (χ3n) is 4.90. The molecular formula is C21H22N2O2. The number of ether oxygens (including phenoxy) is 1. The van der Waals surface area contributed by atoms with Gasteiger partial charge in [0.1, 0.15) is 5.75 Å². The molecule has 0 atom stereocenters. The molecular weight excluding hydrogens is 312 g/mol. The summed E-state index contributed by atoms with van der Waals surface area (Å²) in [4.78, 5) is 16.6. The largest absolute Gasteiger partial charge is 0.415 e. The molecule has 0 spiro atoms. The van der Waals surface area contributed by atoms with Crippen molar-refractivity contribution in [2.45, 2.75) is 6.42 Å². The summed E-state index contributed by atoms with van der Waals surface area (Å²) in [6, 6.07) is 18.4. The molecule has 1 fully saturated rings. The molecule has 1 amide bonds. The van der Waals surface area contributed by atoms with Crippen molar-refractivity contribution in [3.63, 3.8) is 0 Å². The number of carbonyl (C=O) groups excluding carboxylic acids is 1. The molecule has 3 aromatic rings. The van der Waals surface area contributed by atoms with Gasteiger partial charge < -0.3 is 14.5 Å². The quantitative estimate of drug-likeness (QED) is 0.627. The summed E-state index contributed by atoms with van der Waals surface area (Å²) in [5.74, 6) is 0.603. The van der Waals surface area contributed by atoms with Gasteiger partial charge in [-0.25, -0.2) is 4.79 Å². The molecule has 25 heavy (non-hydrogen) atoms. The summed E-state index contributed by atoms with van der Waals surface area (Å²) in [5.41, 5.74) is 0. The molecule has 4 heteroatoms. The minimum Gasteiger partial charge on any atom is -0.410 e. The molecule has 1 heterocycles. The molecule has 4 nitrogen and oxygen atoms in total. The maximum atomic E-state index is 12.5. The molecule has 0 saturated carbocycles. The minimum absolute atomic E-state index is 0.255. The lowest BCUT2D eigenvalue weighted by Crippen LogP contribution is -2.36.